The fourth-order valence-electron chi connectivity index (χ4n) is 22.3. The first kappa shape index (κ1) is 109. The number of likely N-dealkylation sites (N-methyl/N-ethyl adjacent to an activating group) is 6. The van der Waals surface area contributed by atoms with Crippen molar-refractivity contribution in [3.8, 4) is 5.75 Å². The summed E-state index contributed by atoms with van der Waals surface area (Å²) in [6.07, 6.45) is 33.5. The lowest BCUT2D eigenvalue weighted by molar-refractivity contribution is -0.135. The quantitative estimate of drug-likeness (QED) is 0.0299. The van der Waals surface area contributed by atoms with Crippen LogP contribution in [-0.2, 0) is 34.3 Å². The number of aryl methyl sites for hydroxylation is 1. The zero-order chi connectivity index (χ0) is 106. The Balaban J connectivity index is 0.000000147. The smallest absolute Gasteiger partial charge is 0.328 e. The monoisotopic (exact) mass is 1990 g/mol. The maximum Gasteiger partial charge on any atom is 0.328 e. The summed E-state index contributed by atoms with van der Waals surface area (Å²) in [6, 6.07) is 43.0. The molecule has 3 saturated carbocycles. The van der Waals surface area contributed by atoms with E-state index in [1.165, 1.54) is 62.0 Å². The van der Waals surface area contributed by atoms with Crippen LogP contribution in [0, 0.1) is 42.4 Å². The number of carbonyl (C=O) groups is 18. The number of H-pyrrole nitrogens is 1. The van der Waals surface area contributed by atoms with E-state index in [9.17, 15) is 86.3 Å². The molecule has 10 unspecified atom stereocenters. The van der Waals surface area contributed by atoms with Crippen LogP contribution in [0.2, 0.25) is 0 Å². The average Bonchev–Trinajstić information content (AvgIpc) is 1.57. The second kappa shape index (κ2) is 45.8. The molecule has 18 rings (SSSR count). The van der Waals surface area contributed by atoms with Gasteiger partial charge in [0.05, 0.1) is 46.4 Å². The summed E-state index contributed by atoms with van der Waals surface area (Å²) < 4.78 is 5.42. The van der Waals surface area contributed by atoms with Crippen molar-refractivity contribution in [2.24, 2.45) is 35.5 Å². The van der Waals surface area contributed by atoms with Crippen molar-refractivity contribution in [3.05, 3.63) is 251 Å². The number of nitrogens with one attached hydrogen (secondary N) is 1. The molecule has 5 aliphatic carbocycles. The molecule has 6 aliphatic heterocycles. The predicted molar refractivity (Wildman–Crippen MR) is 546 cm³/mol. The van der Waals surface area contributed by atoms with Crippen molar-refractivity contribution < 1.29 is 91.0 Å². The van der Waals surface area contributed by atoms with Crippen molar-refractivity contribution in [1.29, 1.82) is 0 Å². The Hall–Kier alpha value is -14.5. The van der Waals surface area contributed by atoms with Crippen LogP contribution < -0.4 is 4.74 Å². The van der Waals surface area contributed by atoms with Crippen LogP contribution in [0.5, 0.6) is 5.75 Å². The number of amides is 18. The normalized spacial score (nSPS) is 25.7. The molecule has 0 bridgehead atoms. The van der Waals surface area contributed by atoms with E-state index in [4.69, 9.17) is 4.74 Å². The van der Waals surface area contributed by atoms with Crippen molar-refractivity contribution >= 4 is 106 Å². The average molecular weight is 1990 g/mol. The molecule has 1 N–H and O–H groups in total. The van der Waals surface area contributed by atoms with Crippen LogP contribution >= 0.6 is 0 Å². The molecule has 146 heavy (non-hydrogen) atoms. The first-order chi connectivity index (χ1) is 69.5. The molecule has 9 fully saturated rings. The van der Waals surface area contributed by atoms with Gasteiger partial charge in [-0.25, -0.2) is 28.8 Å². The van der Waals surface area contributed by atoms with Gasteiger partial charge in [-0.1, -0.05) is 216 Å². The number of ether oxygens (including phenoxy) is 1. The van der Waals surface area contributed by atoms with Crippen molar-refractivity contribution in [1.82, 2.24) is 68.8 Å². The number of nitrogens with zero attached hydrogens (tertiary/aromatic N) is 13. The topological polar surface area (TPSA) is 384 Å². The Labute approximate surface area is 853 Å². The third-order valence-electron chi connectivity index (χ3n) is 32.5. The highest BCUT2D eigenvalue weighted by atomic mass is 16.5. The number of benzene rings is 5. The molecule has 33 nitrogen and oxygen atoms in total. The second-order valence-electron chi connectivity index (χ2n) is 41.1. The molecular weight excluding hydrogens is 1860 g/mol. The lowest BCUT2D eigenvalue weighted by Gasteiger charge is -2.38. The summed E-state index contributed by atoms with van der Waals surface area (Å²) in [7, 11) is 11.4. The highest BCUT2D eigenvalue weighted by Crippen LogP contribution is 2.48. The lowest BCUT2D eigenvalue weighted by Crippen LogP contribution is -2.52. The minimum atomic E-state index is -1.24. The Kier molecular flexibility index (Phi) is 34.1. The molecule has 33 heteroatoms. The van der Waals surface area contributed by atoms with Crippen molar-refractivity contribution in [3.63, 3.8) is 0 Å². The zero-order valence-corrected chi connectivity index (χ0v) is 86.3. The molecule has 5 aromatic carbocycles. The molecule has 6 saturated heterocycles. The summed E-state index contributed by atoms with van der Waals surface area (Å²) in [5, 5.41) is 0. The largest absolute Gasteiger partial charge is 0.496 e. The summed E-state index contributed by atoms with van der Waals surface area (Å²) in [4.78, 5) is 250. The van der Waals surface area contributed by atoms with Gasteiger partial charge in [-0.15, -0.1) is 0 Å². The molecule has 10 atom stereocenters. The Bertz CT molecular complexity index is 6150. The lowest BCUT2D eigenvalue weighted by atomic mass is 9.75. The molecule has 7 aromatic rings. The number of allylic oxidation sites excluding steroid dienone is 3. The van der Waals surface area contributed by atoms with Crippen molar-refractivity contribution in [2.45, 2.75) is 211 Å². The van der Waals surface area contributed by atoms with Gasteiger partial charge in [0.1, 0.15) is 39.0 Å². The van der Waals surface area contributed by atoms with E-state index in [1.54, 1.807) is 202 Å². The van der Waals surface area contributed by atoms with Gasteiger partial charge in [0.25, 0.3) is 35.4 Å². The van der Waals surface area contributed by atoms with Gasteiger partial charge in [0.2, 0.25) is 0 Å². The molecule has 8 heterocycles. The van der Waals surface area contributed by atoms with Gasteiger partial charge in [0.15, 0.2) is 34.7 Å². The van der Waals surface area contributed by atoms with Gasteiger partial charge in [-0.3, -0.25) is 91.9 Å². The molecule has 18 amide bonds. The number of methoxy groups -OCH3 is 1. The summed E-state index contributed by atoms with van der Waals surface area (Å²) >= 11 is 0. The third kappa shape index (κ3) is 21.6. The van der Waals surface area contributed by atoms with Crippen molar-refractivity contribution in [2.75, 3.05) is 88.7 Å². The third-order valence-corrected chi connectivity index (χ3v) is 32.5. The highest BCUT2D eigenvalue weighted by molar-refractivity contribution is 6.16. The number of pyridine rings is 1. The van der Waals surface area contributed by atoms with Crippen LogP contribution in [-0.4, -0.2) is 291 Å². The number of rotatable bonds is 26. The number of aromatic nitrogens is 2. The van der Waals surface area contributed by atoms with E-state index >= 15 is 0 Å². The fourth-order valence-corrected chi connectivity index (χ4v) is 22.3. The highest BCUT2D eigenvalue weighted by Gasteiger charge is 2.63. The van der Waals surface area contributed by atoms with Gasteiger partial charge < -0.3 is 39.1 Å². The van der Waals surface area contributed by atoms with E-state index in [0.29, 0.717) is 63.0 Å². The standard InChI is InChI=1S/C21H22N2O4.C19H24N2O3.C19H22N2O3.C19H24N2O3.C18H21N3O3.C17H23N3O3/c1-14-10-11-18(27-4)16(12-14)21(2)19(25)23(20(26)22(21)3)13-17(24)15-8-6-5-7-9-15;1-13-9-10-15(11-13)19(2)17(23)21(18(24)20(19)3)12-16(22)14-7-5-4-6-8-14;1-19(15-11-7-4-8-12-15)17(23)21(18(24)20(19)2)13-16(22)14-9-5-3-6-10-14;1-19(12-14-8-6-7-9-14)17(23)21(18(24)20(19)2)13-16(22)15-10-4-3-5-11-15;1-18(14-8-4-3-5-9-14)16(23)21(17(24)20(18)2)12-15(22)13-7-6-10-19-11-13;1-17(13-6-4-3-5-7-13)15(22)20(16(23)19(17)2)11-14(21)12-8-9-18-10-12/h5-12H,13H2,1-4H3;4-8,13,15H,9-12H2,1-3H3;3-7,9-10,15H,8,11-13H2,1-2H3;3-5,10-11,14H,6-9,12-13H2,1-2H3;4,6-8,10-11,14H,3,5,9,12H2,1-2H3;8-10,13,18H,3-7,11H2,1-2H3. The van der Waals surface area contributed by atoms with Gasteiger partial charge >= 0.3 is 36.2 Å². The minimum Gasteiger partial charge on any atom is -0.496 e. The first-order valence-corrected chi connectivity index (χ1v) is 50.4. The van der Waals surface area contributed by atoms with Gasteiger partial charge in [0, 0.05) is 112 Å². The fraction of sp³-hybridized carbons (Fsp3) is 0.460. The molecule has 772 valence electrons. The van der Waals surface area contributed by atoms with E-state index in [1.807, 2.05) is 71.0 Å². The van der Waals surface area contributed by atoms with Crippen LogP contribution in [0.3, 0.4) is 0 Å². The van der Waals surface area contributed by atoms with Crippen LogP contribution in [0.4, 0.5) is 28.8 Å². The first-order valence-electron chi connectivity index (χ1n) is 50.4. The van der Waals surface area contributed by atoms with Crippen LogP contribution in [0.15, 0.2) is 207 Å². The maximum absolute atomic E-state index is 13.3. The molecular formula is C113H136N14O19. The summed E-state index contributed by atoms with van der Waals surface area (Å²) in [5.41, 5.74) is -1.11. The molecule has 11 aliphatic rings. The number of carbonyl (C=O) groups excluding carboxylic acids is 18. The minimum absolute atomic E-state index is 0.0220. The van der Waals surface area contributed by atoms with Crippen LogP contribution in [0.25, 0.3) is 0 Å². The second-order valence-corrected chi connectivity index (χ2v) is 41.1. The summed E-state index contributed by atoms with van der Waals surface area (Å²) in [5.74, 6) is -1.21. The Morgan fingerprint density at radius 3 is 1.19 bits per heavy atom. The SMILES string of the molecule is CC1CCC(C2(C)C(=O)N(CC(=O)c3ccccc3)C(=O)N2C)C1.CN1C(=O)N(CC(=O)c2cc[nH]c2)C(=O)C1(C)C1CCCCC1.CN1C(=O)N(CC(=O)c2ccccc2)C(=O)C1(C)C1CC=CCC1.CN1C(=O)N(CC(=O)c2ccccc2)C(=O)C1(C)CC1CCCC1.CN1C(=O)N(CC(=O)c2cccnc2)C(=O)C1(C)C1C=CCCC1.COc1ccc(C)cc1C1(C)C(=O)N(CC(=O)c2ccccc2)C(=O)N1C. The number of Topliss-reactive ketones (excluding diaryl/α,β-unsaturated/α-hetero) is 6. The Morgan fingerprint density at radius 2 is 0.781 bits per heavy atom. The number of hydrogen-bond donors (Lipinski definition) is 1. The van der Waals surface area contributed by atoms with Crippen LogP contribution in [0.1, 0.15) is 244 Å². The van der Waals surface area contributed by atoms with E-state index in [2.05, 4.69) is 35.1 Å². The van der Waals surface area contributed by atoms with E-state index in [0.717, 1.165) is 131 Å². The van der Waals surface area contributed by atoms with E-state index in [-0.39, 0.29) is 151 Å². The molecule has 0 radical (unpaired) electrons. The summed E-state index contributed by atoms with van der Waals surface area (Å²) in [6.45, 7) is 13.6. The molecule has 2 aromatic heterocycles. The van der Waals surface area contributed by atoms with E-state index < -0.39 is 51.2 Å². The number of aromatic amines is 1. The van der Waals surface area contributed by atoms with Gasteiger partial charge in [-0.2, -0.15) is 0 Å². The number of hydrogen-bond acceptors (Lipinski definition) is 20. The van der Waals surface area contributed by atoms with Gasteiger partial charge in [-0.05, 0) is 179 Å². The zero-order valence-electron chi connectivity index (χ0n) is 86.3. The number of imide groups is 6. The maximum atomic E-state index is 13.3. The molecule has 0 spiro atoms. The predicted octanol–water partition coefficient (Wildman–Crippen LogP) is 16.6. The number of urea groups is 6. The Morgan fingerprint density at radius 1 is 0.377 bits per heavy atom. The number of ketones is 6.